The van der Waals surface area contributed by atoms with Gasteiger partial charge in [-0.1, -0.05) is 30.3 Å². The molecule has 0 radical (unpaired) electrons. The Morgan fingerprint density at radius 2 is 1.88 bits per heavy atom. The van der Waals surface area contributed by atoms with Gasteiger partial charge >= 0.3 is 6.03 Å². The monoisotopic (exact) mass is 482 g/mol. The van der Waals surface area contributed by atoms with Crippen LogP contribution < -0.4 is 10.5 Å². The number of hydrogen-bond donors (Lipinski definition) is 2. The first kappa shape index (κ1) is 22.9. The number of benzene rings is 2. The minimum Gasteiger partial charge on any atom is -0.464 e. The predicted molar refractivity (Wildman–Crippen MR) is 130 cm³/mol. The molecule has 3 heterocycles. The number of primary amides is 1. The summed E-state index contributed by atoms with van der Waals surface area (Å²) >= 11 is 0. The maximum atomic E-state index is 13.2. The lowest BCUT2D eigenvalue weighted by molar-refractivity contribution is 0.202. The van der Waals surface area contributed by atoms with Crippen molar-refractivity contribution in [2.45, 2.75) is 43.2 Å². The largest absolute Gasteiger partial charge is 0.464 e. The number of para-hydroxylation sites is 1. The molecular formula is C25H30N4O4S. The van der Waals surface area contributed by atoms with E-state index < -0.39 is 16.1 Å². The summed E-state index contributed by atoms with van der Waals surface area (Å²) in [6, 6.07) is 12.8. The van der Waals surface area contributed by atoms with E-state index in [1.807, 2.05) is 30.5 Å². The number of furan rings is 1. The standard InChI is InChI=1S/C25H30N4O4S/c26-25(30)29-15-11-22-18(16-29)4-3-7-24(22)34(31,32)27-20-9-13-28(14-10-20)12-8-19-17-33-23-6-2-1-5-21(19)23/h1-7,17,20,27H,8-16H2,(H2,26,30). The Balaban J connectivity index is 1.18. The number of sulfonamides is 1. The quantitative estimate of drug-likeness (QED) is 0.562. The molecule has 5 rings (SSSR count). The molecule has 2 aliphatic heterocycles. The zero-order chi connectivity index (χ0) is 23.7. The van der Waals surface area contributed by atoms with Crippen LogP contribution in [0.1, 0.15) is 29.5 Å². The Morgan fingerprint density at radius 3 is 2.68 bits per heavy atom. The van der Waals surface area contributed by atoms with E-state index in [2.05, 4.69) is 15.7 Å². The first-order chi connectivity index (χ1) is 16.4. The number of likely N-dealkylation sites (tertiary alicyclic amines) is 1. The molecule has 8 nitrogen and oxygen atoms in total. The summed E-state index contributed by atoms with van der Waals surface area (Å²) in [4.78, 5) is 15.8. The van der Waals surface area contributed by atoms with Crippen LogP contribution in [0.2, 0.25) is 0 Å². The zero-order valence-corrected chi connectivity index (χ0v) is 19.9. The van der Waals surface area contributed by atoms with Gasteiger partial charge in [-0.3, -0.25) is 0 Å². The molecule has 2 amide bonds. The van der Waals surface area contributed by atoms with E-state index in [4.69, 9.17) is 10.2 Å². The van der Waals surface area contributed by atoms with Crippen molar-refractivity contribution in [3.8, 4) is 0 Å². The Hall–Kier alpha value is -2.88. The van der Waals surface area contributed by atoms with E-state index in [-0.39, 0.29) is 6.04 Å². The molecule has 1 aromatic heterocycles. The molecule has 0 spiro atoms. The Bertz CT molecular complexity index is 1300. The number of amides is 2. The van der Waals surface area contributed by atoms with Crippen molar-refractivity contribution in [2.24, 2.45) is 5.73 Å². The van der Waals surface area contributed by atoms with Crippen LogP contribution in [0.3, 0.4) is 0 Å². The molecule has 1 saturated heterocycles. The minimum absolute atomic E-state index is 0.0856. The molecule has 2 aliphatic rings. The molecule has 180 valence electrons. The van der Waals surface area contributed by atoms with Gasteiger partial charge in [-0.15, -0.1) is 0 Å². The number of rotatable bonds is 6. The molecule has 1 fully saturated rings. The third-order valence-corrected chi connectivity index (χ3v) is 8.60. The first-order valence-electron chi connectivity index (χ1n) is 11.8. The SMILES string of the molecule is NC(=O)N1CCc2c(cccc2S(=O)(=O)NC2CCN(CCc3coc4ccccc34)CC2)C1. The smallest absolute Gasteiger partial charge is 0.315 e. The summed E-state index contributed by atoms with van der Waals surface area (Å²) in [6.45, 7) is 3.40. The van der Waals surface area contributed by atoms with E-state index in [9.17, 15) is 13.2 Å². The Labute approximate surface area is 199 Å². The summed E-state index contributed by atoms with van der Waals surface area (Å²) in [5, 5.41) is 1.16. The molecule has 2 aromatic carbocycles. The number of nitrogens with two attached hydrogens (primary N) is 1. The second-order valence-electron chi connectivity index (χ2n) is 9.15. The van der Waals surface area contributed by atoms with Crippen molar-refractivity contribution in [2.75, 3.05) is 26.2 Å². The van der Waals surface area contributed by atoms with E-state index in [1.165, 1.54) is 10.5 Å². The van der Waals surface area contributed by atoms with Gasteiger partial charge in [-0.2, -0.15) is 0 Å². The number of carbonyl (C=O) groups is 1. The van der Waals surface area contributed by atoms with Crippen LogP contribution in [0, 0.1) is 0 Å². The van der Waals surface area contributed by atoms with Gasteiger partial charge < -0.3 is 20.0 Å². The van der Waals surface area contributed by atoms with Crippen LogP contribution in [0.15, 0.2) is 58.0 Å². The van der Waals surface area contributed by atoms with Crippen molar-refractivity contribution in [3.05, 3.63) is 65.4 Å². The highest BCUT2D eigenvalue weighted by atomic mass is 32.2. The van der Waals surface area contributed by atoms with E-state index in [0.29, 0.717) is 24.4 Å². The third kappa shape index (κ3) is 4.68. The molecule has 3 N–H and O–H groups in total. The van der Waals surface area contributed by atoms with Crippen LogP contribution >= 0.6 is 0 Å². The van der Waals surface area contributed by atoms with Crippen LogP contribution in [0.25, 0.3) is 11.0 Å². The highest BCUT2D eigenvalue weighted by Crippen LogP contribution is 2.27. The highest BCUT2D eigenvalue weighted by Gasteiger charge is 2.29. The third-order valence-electron chi connectivity index (χ3n) is 6.99. The van der Waals surface area contributed by atoms with Gasteiger partial charge in [0.25, 0.3) is 0 Å². The number of urea groups is 1. The van der Waals surface area contributed by atoms with Crippen molar-refractivity contribution in [3.63, 3.8) is 0 Å². The normalized spacial score (nSPS) is 17.7. The average Bonchev–Trinajstić information content (AvgIpc) is 3.26. The molecule has 3 aromatic rings. The van der Waals surface area contributed by atoms with E-state index >= 15 is 0 Å². The van der Waals surface area contributed by atoms with Crippen molar-refractivity contribution < 1.29 is 17.6 Å². The van der Waals surface area contributed by atoms with Crippen LogP contribution in [-0.4, -0.2) is 56.5 Å². The van der Waals surface area contributed by atoms with Gasteiger partial charge in [-0.25, -0.2) is 17.9 Å². The number of nitrogens with zero attached hydrogens (tertiary/aromatic N) is 2. The topological polar surface area (TPSA) is 109 Å². The molecule has 34 heavy (non-hydrogen) atoms. The van der Waals surface area contributed by atoms with Gasteiger partial charge in [0, 0.05) is 31.1 Å². The fraction of sp³-hybridized carbons (Fsp3) is 0.400. The van der Waals surface area contributed by atoms with Crippen LogP contribution in [0.4, 0.5) is 4.79 Å². The van der Waals surface area contributed by atoms with E-state index in [1.54, 1.807) is 12.1 Å². The fourth-order valence-corrected chi connectivity index (χ4v) is 6.69. The van der Waals surface area contributed by atoms with E-state index in [0.717, 1.165) is 61.0 Å². The van der Waals surface area contributed by atoms with Crippen molar-refractivity contribution in [1.29, 1.82) is 0 Å². The molecule has 0 bridgehead atoms. The lowest BCUT2D eigenvalue weighted by Crippen LogP contribution is -2.45. The average molecular weight is 483 g/mol. The van der Waals surface area contributed by atoms with Crippen molar-refractivity contribution >= 4 is 27.0 Å². The van der Waals surface area contributed by atoms with Crippen LogP contribution in [0.5, 0.6) is 0 Å². The Morgan fingerprint density at radius 1 is 1.09 bits per heavy atom. The summed E-state index contributed by atoms with van der Waals surface area (Å²) in [5.74, 6) is 0. The minimum atomic E-state index is -3.64. The molecule has 0 saturated carbocycles. The van der Waals surface area contributed by atoms with Gasteiger partial charge in [0.15, 0.2) is 0 Å². The predicted octanol–water partition coefficient (Wildman–Crippen LogP) is 2.86. The molecular weight excluding hydrogens is 452 g/mol. The molecule has 0 aliphatic carbocycles. The van der Waals surface area contributed by atoms with Gasteiger partial charge in [0.1, 0.15) is 5.58 Å². The van der Waals surface area contributed by atoms with Gasteiger partial charge in [0.2, 0.25) is 10.0 Å². The Kier molecular flexibility index (Phi) is 6.33. The maximum Gasteiger partial charge on any atom is 0.315 e. The van der Waals surface area contributed by atoms with Crippen LogP contribution in [-0.2, 0) is 29.4 Å². The molecule has 0 unspecified atom stereocenters. The lowest BCUT2D eigenvalue weighted by atomic mass is 10.00. The number of hydrogen-bond acceptors (Lipinski definition) is 5. The second kappa shape index (κ2) is 9.40. The summed E-state index contributed by atoms with van der Waals surface area (Å²) in [6.07, 6.45) is 4.78. The molecule has 9 heteroatoms. The molecule has 0 atom stereocenters. The zero-order valence-electron chi connectivity index (χ0n) is 19.1. The number of carbonyl (C=O) groups excluding carboxylic acids is 1. The number of piperidine rings is 1. The van der Waals surface area contributed by atoms with Gasteiger partial charge in [-0.05, 0) is 67.6 Å². The fourth-order valence-electron chi connectivity index (χ4n) is 5.08. The highest BCUT2D eigenvalue weighted by molar-refractivity contribution is 7.89. The lowest BCUT2D eigenvalue weighted by Gasteiger charge is -2.33. The second-order valence-corrected chi connectivity index (χ2v) is 10.8. The maximum absolute atomic E-state index is 13.2. The first-order valence-corrected chi connectivity index (χ1v) is 13.2. The summed E-state index contributed by atoms with van der Waals surface area (Å²) in [7, 11) is -3.64. The number of nitrogens with one attached hydrogen (secondary N) is 1. The van der Waals surface area contributed by atoms with Crippen molar-refractivity contribution in [1.82, 2.24) is 14.5 Å². The summed E-state index contributed by atoms with van der Waals surface area (Å²) in [5.41, 5.74) is 9.16. The van der Waals surface area contributed by atoms with Gasteiger partial charge in [0.05, 0.1) is 11.2 Å². The summed E-state index contributed by atoms with van der Waals surface area (Å²) < 4.78 is 35.0. The number of fused-ring (bicyclic) bond motifs is 2.